The standard InChI is InChI=1S/C14H10ClFO3/c1-19-13-10(14(17)18)5-6-11(16)12(13)8-3-2-4-9(15)7-8/h2-7H,1H3,(H,17,18). The summed E-state index contributed by atoms with van der Waals surface area (Å²) < 4.78 is 19.0. The molecule has 2 rings (SSSR count). The lowest BCUT2D eigenvalue weighted by molar-refractivity contribution is 0.0693. The molecule has 1 N–H and O–H groups in total. The van der Waals surface area contributed by atoms with Gasteiger partial charge < -0.3 is 9.84 Å². The van der Waals surface area contributed by atoms with E-state index in [2.05, 4.69) is 0 Å². The average Bonchev–Trinajstić information content (AvgIpc) is 2.37. The Hall–Kier alpha value is -2.07. The molecule has 0 atom stereocenters. The van der Waals surface area contributed by atoms with Crippen LogP contribution in [-0.2, 0) is 0 Å². The molecule has 0 unspecified atom stereocenters. The van der Waals surface area contributed by atoms with Crippen molar-refractivity contribution in [2.45, 2.75) is 0 Å². The second kappa shape index (κ2) is 5.28. The van der Waals surface area contributed by atoms with Gasteiger partial charge in [0.25, 0.3) is 0 Å². The van der Waals surface area contributed by atoms with Crippen molar-refractivity contribution in [1.82, 2.24) is 0 Å². The van der Waals surface area contributed by atoms with Crippen molar-refractivity contribution in [2.75, 3.05) is 7.11 Å². The second-order valence-electron chi connectivity index (χ2n) is 3.82. The zero-order valence-corrected chi connectivity index (χ0v) is 10.7. The van der Waals surface area contributed by atoms with Crippen LogP contribution in [0.4, 0.5) is 4.39 Å². The molecule has 0 radical (unpaired) electrons. The van der Waals surface area contributed by atoms with Crippen molar-refractivity contribution < 1.29 is 19.0 Å². The van der Waals surface area contributed by atoms with Crippen LogP contribution in [0.2, 0.25) is 5.02 Å². The van der Waals surface area contributed by atoms with Gasteiger partial charge in [-0.25, -0.2) is 9.18 Å². The van der Waals surface area contributed by atoms with Gasteiger partial charge in [0.05, 0.1) is 12.7 Å². The quantitative estimate of drug-likeness (QED) is 0.929. The Labute approximate surface area is 114 Å². The highest BCUT2D eigenvalue weighted by Gasteiger charge is 2.20. The molecular weight excluding hydrogens is 271 g/mol. The van der Waals surface area contributed by atoms with Gasteiger partial charge >= 0.3 is 5.97 Å². The van der Waals surface area contributed by atoms with Crippen molar-refractivity contribution in [3.8, 4) is 16.9 Å². The number of carboxylic acid groups (broad SMARTS) is 1. The van der Waals surface area contributed by atoms with Gasteiger partial charge in [0.15, 0.2) is 0 Å². The third-order valence-electron chi connectivity index (χ3n) is 2.65. The lowest BCUT2D eigenvalue weighted by Crippen LogP contribution is -2.03. The molecule has 0 heterocycles. The second-order valence-corrected chi connectivity index (χ2v) is 4.26. The number of rotatable bonds is 3. The molecule has 0 aliphatic rings. The molecule has 2 aromatic carbocycles. The van der Waals surface area contributed by atoms with E-state index in [9.17, 15) is 9.18 Å². The molecule has 0 aliphatic heterocycles. The van der Waals surface area contributed by atoms with Crippen molar-refractivity contribution in [3.63, 3.8) is 0 Å². The summed E-state index contributed by atoms with van der Waals surface area (Å²) >= 11 is 5.87. The Morgan fingerprint density at radius 1 is 1.32 bits per heavy atom. The van der Waals surface area contributed by atoms with E-state index in [-0.39, 0.29) is 16.9 Å². The van der Waals surface area contributed by atoms with Gasteiger partial charge in [-0.05, 0) is 29.8 Å². The van der Waals surface area contributed by atoms with E-state index in [1.807, 2.05) is 0 Å². The normalized spacial score (nSPS) is 10.3. The lowest BCUT2D eigenvalue weighted by atomic mass is 10.0. The molecule has 3 nitrogen and oxygen atoms in total. The zero-order chi connectivity index (χ0) is 14.0. The number of carbonyl (C=O) groups is 1. The number of benzene rings is 2. The zero-order valence-electron chi connectivity index (χ0n) is 9.98. The first-order valence-electron chi connectivity index (χ1n) is 5.40. The fraction of sp³-hybridized carbons (Fsp3) is 0.0714. The fourth-order valence-corrected chi connectivity index (χ4v) is 2.04. The Kier molecular flexibility index (Phi) is 3.71. The third kappa shape index (κ3) is 2.53. The average molecular weight is 281 g/mol. The van der Waals surface area contributed by atoms with Crippen LogP contribution in [0.5, 0.6) is 5.75 Å². The number of methoxy groups -OCH3 is 1. The van der Waals surface area contributed by atoms with Gasteiger partial charge in [-0.1, -0.05) is 23.7 Å². The highest BCUT2D eigenvalue weighted by molar-refractivity contribution is 6.30. The molecule has 5 heteroatoms. The van der Waals surface area contributed by atoms with E-state index in [0.29, 0.717) is 10.6 Å². The van der Waals surface area contributed by atoms with Gasteiger partial charge in [0.1, 0.15) is 17.1 Å². The van der Waals surface area contributed by atoms with Gasteiger partial charge in [-0.3, -0.25) is 0 Å². The first-order valence-corrected chi connectivity index (χ1v) is 5.78. The van der Waals surface area contributed by atoms with Gasteiger partial charge in [0, 0.05) is 5.02 Å². The first kappa shape index (κ1) is 13.4. The maximum atomic E-state index is 14.0. The molecule has 0 aliphatic carbocycles. The monoisotopic (exact) mass is 280 g/mol. The minimum atomic E-state index is -1.18. The van der Waals surface area contributed by atoms with Gasteiger partial charge in [-0.2, -0.15) is 0 Å². The molecule has 19 heavy (non-hydrogen) atoms. The van der Waals surface area contributed by atoms with Crippen LogP contribution < -0.4 is 4.74 Å². The van der Waals surface area contributed by atoms with E-state index in [4.69, 9.17) is 21.4 Å². The largest absolute Gasteiger partial charge is 0.495 e. The maximum Gasteiger partial charge on any atom is 0.339 e. The number of halogens is 2. The molecule has 0 amide bonds. The number of aromatic carboxylic acids is 1. The van der Waals surface area contributed by atoms with E-state index >= 15 is 0 Å². The summed E-state index contributed by atoms with van der Waals surface area (Å²) in [5, 5.41) is 9.52. The highest BCUT2D eigenvalue weighted by atomic mass is 35.5. The summed E-state index contributed by atoms with van der Waals surface area (Å²) in [7, 11) is 1.30. The minimum absolute atomic E-state index is 0.0187. The van der Waals surface area contributed by atoms with Gasteiger partial charge in [-0.15, -0.1) is 0 Å². The van der Waals surface area contributed by atoms with Crippen molar-refractivity contribution in [1.29, 1.82) is 0 Å². The molecule has 0 saturated carbocycles. The number of hydrogen-bond acceptors (Lipinski definition) is 2. The fourth-order valence-electron chi connectivity index (χ4n) is 1.85. The van der Waals surface area contributed by atoms with Crippen LogP contribution in [0.15, 0.2) is 36.4 Å². The summed E-state index contributed by atoms with van der Waals surface area (Å²) in [5.74, 6) is -1.76. The summed E-state index contributed by atoms with van der Waals surface area (Å²) in [5.41, 5.74) is 0.453. The van der Waals surface area contributed by atoms with E-state index in [0.717, 1.165) is 6.07 Å². The summed E-state index contributed by atoms with van der Waals surface area (Å²) in [6.45, 7) is 0. The topological polar surface area (TPSA) is 46.5 Å². The van der Waals surface area contributed by atoms with Crippen LogP contribution in [0.25, 0.3) is 11.1 Å². The van der Waals surface area contributed by atoms with E-state index in [1.165, 1.54) is 13.2 Å². The molecule has 0 fully saturated rings. The Bertz CT molecular complexity index is 641. The summed E-state index contributed by atoms with van der Waals surface area (Å²) in [6.07, 6.45) is 0. The van der Waals surface area contributed by atoms with Gasteiger partial charge in [0.2, 0.25) is 0 Å². The predicted octanol–water partition coefficient (Wildman–Crippen LogP) is 3.85. The maximum absolute atomic E-state index is 14.0. The third-order valence-corrected chi connectivity index (χ3v) is 2.89. The van der Waals surface area contributed by atoms with Crippen molar-refractivity contribution in [3.05, 3.63) is 52.8 Å². The minimum Gasteiger partial charge on any atom is -0.495 e. The van der Waals surface area contributed by atoms with Crippen LogP contribution in [0, 0.1) is 5.82 Å². The Balaban J connectivity index is 2.74. The van der Waals surface area contributed by atoms with E-state index in [1.54, 1.807) is 24.3 Å². The first-order chi connectivity index (χ1) is 9.04. The molecular formula is C14H10ClFO3. The van der Waals surface area contributed by atoms with Crippen molar-refractivity contribution in [2.24, 2.45) is 0 Å². The molecule has 0 bridgehead atoms. The molecule has 0 spiro atoms. The predicted molar refractivity (Wildman–Crippen MR) is 70.4 cm³/mol. The summed E-state index contributed by atoms with van der Waals surface area (Å²) in [4.78, 5) is 11.1. The molecule has 98 valence electrons. The highest BCUT2D eigenvalue weighted by Crippen LogP contribution is 2.36. The smallest absolute Gasteiger partial charge is 0.339 e. The van der Waals surface area contributed by atoms with Crippen LogP contribution >= 0.6 is 11.6 Å². The SMILES string of the molecule is COc1c(C(=O)O)ccc(F)c1-c1cccc(Cl)c1. The number of ether oxygens (including phenoxy) is 1. The van der Waals surface area contributed by atoms with Crippen LogP contribution in [0.1, 0.15) is 10.4 Å². The molecule has 0 saturated heterocycles. The summed E-state index contributed by atoms with van der Waals surface area (Å²) in [6, 6.07) is 8.76. The van der Waals surface area contributed by atoms with Crippen molar-refractivity contribution >= 4 is 17.6 Å². The lowest BCUT2D eigenvalue weighted by Gasteiger charge is -2.12. The molecule has 2 aromatic rings. The number of carboxylic acids is 1. The number of hydrogen-bond donors (Lipinski definition) is 1. The Morgan fingerprint density at radius 3 is 2.63 bits per heavy atom. The van der Waals surface area contributed by atoms with Crippen LogP contribution in [0.3, 0.4) is 0 Å². The molecule has 0 aromatic heterocycles. The Morgan fingerprint density at radius 2 is 2.05 bits per heavy atom. The van der Waals surface area contributed by atoms with E-state index < -0.39 is 11.8 Å². The van der Waals surface area contributed by atoms with Crippen LogP contribution in [-0.4, -0.2) is 18.2 Å².